The van der Waals surface area contributed by atoms with Crippen LogP contribution in [0.2, 0.25) is 0 Å². The van der Waals surface area contributed by atoms with Crippen molar-refractivity contribution in [1.29, 1.82) is 0 Å². The fourth-order valence-electron chi connectivity index (χ4n) is 1.42. The number of rotatable bonds is 3. The number of pyridine rings is 1. The summed E-state index contributed by atoms with van der Waals surface area (Å²) in [6.07, 6.45) is 2.85. The van der Waals surface area contributed by atoms with Crippen molar-refractivity contribution in [3.63, 3.8) is 0 Å². The first-order chi connectivity index (χ1) is 7.78. The van der Waals surface area contributed by atoms with E-state index in [2.05, 4.69) is 57.4 Å². The standard InChI is InChI=1S/C13H13BrN2/c1-2-10-3-6-12(7-4-10)16-13-8-5-11(14)9-15-13/h3-9H,2H2,1H3,(H,15,16). The van der Waals surface area contributed by atoms with Crippen LogP contribution in [-0.2, 0) is 6.42 Å². The smallest absolute Gasteiger partial charge is 0.130 e. The molecule has 0 aliphatic rings. The minimum Gasteiger partial charge on any atom is -0.340 e. The Balaban J connectivity index is 2.11. The third-order valence-corrected chi connectivity index (χ3v) is 2.83. The van der Waals surface area contributed by atoms with E-state index in [1.165, 1.54) is 5.56 Å². The Morgan fingerprint density at radius 2 is 1.88 bits per heavy atom. The highest BCUT2D eigenvalue weighted by Gasteiger charge is 1.96. The molecule has 1 heterocycles. The molecule has 0 saturated heterocycles. The third-order valence-electron chi connectivity index (χ3n) is 2.36. The molecule has 0 unspecified atom stereocenters. The minimum atomic E-state index is 0.854. The summed E-state index contributed by atoms with van der Waals surface area (Å²) in [6.45, 7) is 2.15. The lowest BCUT2D eigenvalue weighted by atomic mass is 10.1. The molecule has 82 valence electrons. The van der Waals surface area contributed by atoms with Gasteiger partial charge in [-0.25, -0.2) is 4.98 Å². The van der Waals surface area contributed by atoms with Gasteiger partial charge >= 0.3 is 0 Å². The van der Waals surface area contributed by atoms with Crippen LogP contribution in [0.25, 0.3) is 0 Å². The monoisotopic (exact) mass is 276 g/mol. The molecule has 0 saturated carbocycles. The van der Waals surface area contributed by atoms with Gasteiger partial charge in [0.15, 0.2) is 0 Å². The van der Waals surface area contributed by atoms with Crippen molar-refractivity contribution in [1.82, 2.24) is 4.98 Å². The largest absolute Gasteiger partial charge is 0.340 e. The molecule has 2 nitrogen and oxygen atoms in total. The van der Waals surface area contributed by atoms with Gasteiger partial charge < -0.3 is 5.32 Å². The van der Waals surface area contributed by atoms with E-state index in [4.69, 9.17) is 0 Å². The highest BCUT2D eigenvalue weighted by Crippen LogP contribution is 2.17. The summed E-state index contributed by atoms with van der Waals surface area (Å²) in [6, 6.07) is 12.3. The van der Waals surface area contributed by atoms with Crippen molar-refractivity contribution in [2.75, 3.05) is 5.32 Å². The van der Waals surface area contributed by atoms with Crippen LogP contribution in [0.3, 0.4) is 0 Å². The van der Waals surface area contributed by atoms with Crippen molar-refractivity contribution in [3.05, 3.63) is 52.6 Å². The van der Waals surface area contributed by atoms with Crippen LogP contribution in [0.5, 0.6) is 0 Å². The molecule has 0 radical (unpaired) electrons. The first-order valence-electron chi connectivity index (χ1n) is 5.25. The van der Waals surface area contributed by atoms with Crippen LogP contribution in [0.1, 0.15) is 12.5 Å². The van der Waals surface area contributed by atoms with Gasteiger partial charge in [-0.05, 0) is 52.2 Å². The lowest BCUT2D eigenvalue weighted by molar-refractivity contribution is 1.14. The first-order valence-corrected chi connectivity index (χ1v) is 6.05. The molecule has 0 aliphatic carbocycles. The summed E-state index contributed by atoms with van der Waals surface area (Å²) in [5.41, 5.74) is 2.40. The van der Waals surface area contributed by atoms with Crippen molar-refractivity contribution in [3.8, 4) is 0 Å². The maximum absolute atomic E-state index is 4.26. The summed E-state index contributed by atoms with van der Waals surface area (Å²) in [4.78, 5) is 4.26. The Labute approximate surface area is 104 Å². The summed E-state index contributed by atoms with van der Waals surface area (Å²) in [5.74, 6) is 0.854. The maximum atomic E-state index is 4.26. The third kappa shape index (κ3) is 2.83. The van der Waals surface area contributed by atoms with E-state index in [1.54, 1.807) is 6.20 Å². The molecule has 0 fully saturated rings. The SMILES string of the molecule is CCc1ccc(Nc2ccc(Br)cn2)cc1. The Morgan fingerprint density at radius 1 is 1.12 bits per heavy atom. The van der Waals surface area contributed by atoms with Crippen molar-refractivity contribution in [2.24, 2.45) is 0 Å². The predicted octanol–water partition coefficient (Wildman–Crippen LogP) is 4.15. The number of aryl methyl sites for hydroxylation is 1. The van der Waals surface area contributed by atoms with Gasteiger partial charge in [0.05, 0.1) is 0 Å². The number of nitrogens with zero attached hydrogens (tertiary/aromatic N) is 1. The molecular weight excluding hydrogens is 264 g/mol. The van der Waals surface area contributed by atoms with Crippen molar-refractivity contribution >= 4 is 27.4 Å². The van der Waals surface area contributed by atoms with E-state index in [0.29, 0.717) is 0 Å². The fraction of sp³-hybridized carbons (Fsp3) is 0.154. The second kappa shape index (κ2) is 5.12. The van der Waals surface area contributed by atoms with Gasteiger partial charge in [0.25, 0.3) is 0 Å². The lowest BCUT2D eigenvalue weighted by Crippen LogP contribution is -1.92. The van der Waals surface area contributed by atoms with Crippen LogP contribution >= 0.6 is 15.9 Å². The number of hydrogen-bond acceptors (Lipinski definition) is 2. The van der Waals surface area contributed by atoms with Gasteiger partial charge in [-0.1, -0.05) is 19.1 Å². The second-order valence-corrected chi connectivity index (χ2v) is 4.45. The average molecular weight is 277 g/mol. The Bertz CT molecular complexity index is 448. The van der Waals surface area contributed by atoms with Crippen molar-refractivity contribution < 1.29 is 0 Å². The highest BCUT2D eigenvalue weighted by molar-refractivity contribution is 9.10. The summed E-state index contributed by atoms with van der Waals surface area (Å²) in [5, 5.41) is 3.25. The van der Waals surface area contributed by atoms with Gasteiger partial charge in [-0.15, -0.1) is 0 Å². The van der Waals surface area contributed by atoms with E-state index < -0.39 is 0 Å². The molecule has 1 N–H and O–H groups in total. The van der Waals surface area contributed by atoms with Gasteiger partial charge in [-0.2, -0.15) is 0 Å². The molecule has 0 spiro atoms. The average Bonchev–Trinajstić information content (AvgIpc) is 2.33. The normalized spacial score (nSPS) is 10.1. The number of aromatic nitrogens is 1. The zero-order chi connectivity index (χ0) is 11.4. The first kappa shape index (κ1) is 11.1. The zero-order valence-electron chi connectivity index (χ0n) is 9.07. The Morgan fingerprint density at radius 3 is 2.44 bits per heavy atom. The number of anilines is 2. The van der Waals surface area contributed by atoms with E-state index >= 15 is 0 Å². The predicted molar refractivity (Wildman–Crippen MR) is 71.0 cm³/mol. The molecule has 0 amide bonds. The van der Waals surface area contributed by atoms with Crippen LogP contribution in [0.15, 0.2) is 47.1 Å². The quantitative estimate of drug-likeness (QED) is 0.911. The molecule has 0 bridgehead atoms. The number of nitrogens with one attached hydrogen (secondary N) is 1. The fourth-order valence-corrected chi connectivity index (χ4v) is 1.66. The van der Waals surface area contributed by atoms with Crippen LogP contribution in [0.4, 0.5) is 11.5 Å². The zero-order valence-corrected chi connectivity index (χ0v) is 10.7. The molecule has 16 heavy (non-hydrogen) atoms. The molecular formula is C13H13BrN2. The molecule has 0 atom stereocenters. The molecule has 0 aliphatic heterocycles. The van der Waals surface area contributed by atoms with E-state index in [9.17, 15) is 0 Å². The summed E-state index contributed by atoms with van der Waals surface area (Å²) in [7, 11) is 0. The van der Waals surface area contributed by atoms with E-state index in [0.717, 1.165) is 22.4 Å². The molecule has 1 aromatic carbocycles. The minimum absolute atomic E-state index is 0.854. The van der Waals surface area contributed by atoms with Gasteiger partial charge in [0, 0.05) is 16.4 Å². The van der Waals surface area contributed by atoms with Crippen LogP contribution in [0, 0.1) is 0 Å². The lowest BCUT2D eigenvalue weighted by Gasteiger charge is -2.06. The van der Waals surface area contributed by atoms with Crippen LogP contribution in [-0.4, -0.2) is 4.98 Å². The number of benzene rings is 1. The number of halogens is 1. The molecule has 2 aromatic rings. The maximum Gasteiger partial charge on any atom is 0.130 e. The van der Waals surface area contributed by atoms with E-state index in [1.807, 2.05) is 12.1 Å². The second-order valence-electron chi connectivity index (χ2n) is 3.54. The Kier molecular flexibility index (Phi) is 3.57. The van der Waals surface area contributed by atoms with Gasteiger partial charge in [0.1, 0.15) is 5.82 Å². The topological polar surface area (TPSA) is 24.9 Å². The summed E-state index contributed by atoms with van der Waals surface area (Å²) < 4.78 is 0.986. The highest BCUT2D eigenvalue weighted by atomic mass is 79.9. The van der Waals surface area contributed by atoms with Gasteiger partial charge in [0.2, 0.25) is 0 Å². The van der Waals surface area contributed by atoms with E-state index in [-0.39, 0.29) is 0 Å². The summed E-state index contributed by atoms with van der Waals surface area (Å²) >= 11 is 3.36. The van der Waals surface area contributed by atoms with Crippen molar-refractivity contribution in [2.45, 2.75) is 13.3 Å². The number of hydrogen-bond donors (Lipinski definition) is 1. The molecule has 3 heteroatoms. The Hall–Kier alpha value is -1.35. The van der Waals surface area contributed by atoms with Gasteiger partial charge in [-0.3, -0.25) is 0 Å². The van der Waals surface area contributed by atoms with Crippen LogP contribution < -0.4 is 5.32 Å². The molecule has 2 rings (SSSR count). The molecule has 1 aromatic heterocycles.